The lowest BCUT2D eigenvalue weighted by Gasteiger charge is -2.15. The van der Waals surface area contributed by atoms with Gasteiger partial charge in [-0.25, -0.2) is 14.2 Å². The van der Waals surface area contributed by atoms with Crippen LogP contribution in [-0.4, -0.2) is 38.1 Å². The number of esters is 1. The van der Waals surface area contributed by atoms with Gasteiger partial charge in [0, 0.05) is 28.2 Å². The number of halogens is 4. The van der Waals surface area contributed by atoms with E-state index in [1.54, 1.807) is 23.8 Å². The van der Waals surface area contributed by atoms with Crippen molar-refractivity contribution in [1.29, 1.82) is 0 Å². The summed E-state index contributed by atoms with van der Waals surface area (Å²) in [4.78, 5) is 17.1. The van der Waals surface area contributed by atoms with Crippen molar-refractivity contribution < 1.29 is 13.9 Å². The molecule has 142 valence electrons. The molecule has 0 spiro atoms. The van der Waals surface area contributed by atoms with E-state index in [0.29, 0.717) is 36.8 Å². The molecule has 0 N–H and O–H groups in total. The van der Waals surface area contributed by atoms with E-state index in [0.717, 1.165) is 0 Å². The Bertz CT molecular complexity index is 1050. The van der Waals surface area contributed by atoms with Crippen molar-refractivity contribution in [3.05, 3.63) is 44.5 Å². The fourth-order valence-electron chi connectivity index (χ4n) is 3.31. The zero-order valence-electron chi connectivity index (χ0n) is 14.1. The fraction of sp³-hybridized carbons (Fsp3) is 0.353. The van der Waals surface area contributed by atoms with Gasteiger partial charge < -0.3 is 9.30 Å². The summed E-state index contributed by atoms with van der Waals surface area (Å²) in [5.74, 6) is -0.527. The summed E-state index contributed by atoms with van der Waals surface area (Å²) in [6, 6.07) is 0.712. The van der Waals surface area contributed by atoms with E-state index in [2.05, 4.69) is 26.0 Å². The van der Waals surface area contributed by atoms with Crippen LogP contribution < -0.4 is 0 Å². The lowest BCUT2D eigenvalue weighted by Crippen LogP contribution is -2.25. The number of imidazole rings is 1. The fourth-order valence-corrected chi connectivity index (χ4v) is 4.30. The number of nitrogens with zero attached hydrogens (tertiary/aromatic N) is 4. The molecule has 0 fully saturated rings. The second-order valence-electron chi connectivity index (χ2n) is 6.21. The maximum absolute atomic E-state index is 13.8. The van der Waals surface area contributed by atoms with Crippen LogP contribution in [0.1, 0.15) is 24.4 Å². The number of hydrogen-bond acceptors (Lipinski definition) is 4. The summed E-state index contributed by atoms with van der Waals surface area (Å²) in [5.41, 5.74) is 1.54. The van der Waals surface area contributed by atoms with Crippen LogP contribution >= 0.6 is 39.1 Å². The van der Waals surface area contributed by atoms with Crippen LogP contribution in [0.4, 0.5) is 4.39 Å². The average molecular weight is 476 g/mol. The van der Waals surface area contributed by atoms with Gasteiger partial charge in [0.15, 0.2) is 6.04 Å². The second kappa shape index (κ2) is 7.07. The number of ether oxygens (including phenoxy) is 1. The molecule has 6 nitrogen and oxygen atoms in total. The predicted molar refractivity (Wildman–Crippen MR) is 103 cm³/mol. The molecule has 10 heteroatoms. The molecule has 1 aliphatic heterocycles. The van der Waals surface area contributed by atoms with Crippen molar-refractivity contribution >= 4 is 56.0 Å². The first-order valence-corrected chi connectivity index (χ1v) is 9.82. The van der Waals surface area contributed by atoms with E-state index in [-0.39, 0.29) is 19.6 Å². The summed E-state index contributed by atoms with van der Waals surface area (Å²) in [7, 11) is 0. The van der Waals surface area contributed by atoms with Gasteiger partial charge in [-0.05, 0) is 28.9 Å². The largest absolute Gasteiger partial charge is 0.464 e. The third-order valence-electron chi connectivity index (χ3n) is 4.48. The van der Waals surface area contributed by atoms with Crippen molar-refractivity contribution in [3.8, 4) is 0 Å². The van der Waals surface area contributed by atoms with Crippen molar-refractivity contribution in [2.75, 3.05) is 6.61 Å². The number of carbonyl (C=O) groups excluding carboxylic acids is 1. The summed E-state index contributed by atoms with van der Waals surface area (Å²) in [6.07, 6.45) is 2.36. The van der Waals surface area contributed by atoms with Crippen LogP contribution in [0.3, 0.4) is 0 Å². The van der Waals surface area contributed by atoms with Gasteiger partial charge in [0.05, 0.1) is 35.2 Å². The van der Waals surface area contributed by atoms with Crippen molar-refractivity contribution in [2.45, 2.75) is 32.1 Å². The Balaban J connectivity index is 1.88. The maximum Gasteiger partial charge on any atom is 0.337 e. The number of benzene rings is 1. The Hall–Kier alpha value is -1.64. The Morgan fingerprint density at radius 1 is 1.52 bits per heavy atom. The quantitative estimate of drug-likeness (QED) is 0.415. The highest BCUT2D eigenvalue weighted by Crippen LogP contribution is 2.37. The van der Waals surface area contributed by atoms with Gasteiger partial charge in [-0.2, -0.15) is 5.10 Å². The predicted octanol–water partition coefficient (Wildman–Crippen LogP) is 4.35. The standard InChI is InChI=1S/C17H14BrCl2FN4O2/c1-2-27-17(26)16(15-12-3-8(21)5-24(12)7-22-15)25-6-9-11(19)4-10(18)13(20)14(9)23-25/h4,6-8,16H,2-3,5H2,1H3/t8-,16?/m1/s1. The third-order valence-corrected chi connectivity index (χ3v) is 6.03. The van der Waals surface area contributed by atoms with Gasteiger partial charge in [-0.15, -0.1) is 0 Å². The zero-order valence-corrected chi connectivity index (χ0v) is 17.2. The molecule has 1 aromatic carbocycles. The molecule has 0 bridgehead atoms. The Morgan fingerprint density at radius 3 is 3.04 bits per heavy atom. The molecule has 2 aromatic heterocycles. The monoisotopic (exact) mass is 474 g/mol. The number of rotatable bonds is 4. The number of alkyl halides is 1. The van der Waals surface area contributed by atoms with E-state index < -0.39 is 18.2 Å². The molecule has 0 saturated carbocycles. The maximum atomic E-state index is 13.8. The summed E-state index contributed by atoms with van der Waals surface area (Å²) < 4.78 is 22.8. The van der Waals surface area contributed by atoms with Crippen LogP contribution in [0, 0.1) is 0 Å². The molecule has 1 unspecified atom stereocenters. The van der Waals surface area contributed by atoms with Crippen molar-refractivity contribution in [1.82, 2.24) is 19.3 Å². The van der Waals surface area contributed by atoms with E-state index in [9.17, 15) is 9.18 Å². The summed E-state index contributed by atoms with van der Waals surface area (Å²) in [5, 5.41) is 5.88. The van der Waals surface area contributed by atoms with E-state index >= 15 is 0 Å². The van der Waals surface area contributed by atoms with E-state index in [4.69, 9.17) is 27.9 Å². The van der Waals surface area contributed by atoms with Gasteiger partial charge in [0.25, 0.3) is 0 Å². The highest BCUT2D eigenvalue weighted by atomic mass is 79.9. The lowest BCUT2D eigenvalue weighted by molar-refractivity contribution is -0.146. The molecule has 2 atom stereocenters. The third kappa shape index (κ3) is 3.13. The van der Waals surface area contributed by atoms with Crippen LogP contribution in [0.2, 0.25) is 10.0 Å². The van der Waals surface area contributed by atoms with Crippen LogP contribution in [0.15, 0.2) is 23.1 Å². The molecule has 3 aromatic rings. The molecule has 0 saturated heterocycles. The van der Waals surface area contributed by atoms with Gasteiger partial charge in [0.2, 0.25) is 0 Å². The van der Waals surface area contributed by atoms with Crippen LogP contribution in [0.25, 0.3) is 10.9 Å². The molecule has 3 heterocycles. The van der Waals surface area contributed by atoms with Gasteiger partial charge in [-0.1, -0.05) is 23.2 Å². The Labute approximate surface area is 172 Å². The minimum Gasteiger partial charge on any atom is -0.464 e. The highest BCUT2D eigenvalue weighted by Gasteiger charge is 2.35. The zero-order chi connectivity index (χ0) is 19.3. The average Bonchev–Trinajstić information content (AvgIpc) is 3.29. The first-order valence-electron chi connectivity index (χ1n) is 8.27. The molecule has 0 aliphatic carbocycles. The van der Waals surface area contributed by atoms with Gasteiger partial charge in [-0.3, -0.25) is 4.68 Å². The minimum absolute atomic E-state index is 0.194. The first kappa shape index (κ1) is 18.7. The van der Waals surface area contributed by atoms with Gasteiger partial charge >= 0.3 is 5.97 Å². The highest BCUT2D eigenvalue weighted by molar-refractivity contribution is 9.10. The van der Waals surface area contributed by atoms with Crippen LogP contribution in [-0.2, 0) is 22.5 Å². The molecule has 27 heavy (non-hydrogen) atoms. The normalized spacial score (nSPS) is 17.3. The molecular weight excluding hydrogens is 462 g/mol. The number of aromatic nitrogens is 4. The van der Waals surface area contributed by atoms with Crippen LogP contribution in [0.5, 0.6) is 0 Å². The molecule has 0 amide bonds. The van der Waals surface area contributed by atoms with Crippen molar-refractivity contribution in [2.24, 2.45) is 0 Å². The second-order valence-corrected chi connectivity index (χ2v) is 7.85. The molecule has 1 aliphatic rings. The Kier molecular flexibility index (Phi) is 4.90. The van der Waals surface area contributed by atoms with Crippen molar-refractivity contribution in [3.63, 3.8) is 0 Å². The number of fused-ring (bicyclic) bond motifs is 2. The van der Waals surface area contributed by atoms with E-state index in [1.807, 2.05) is 0 Å². The number of carbonyl (C=O) groups is 1. The molecular formula is C17H14BrCl2FN4O2. The SMILES string of the molecule is CCOC(=O)C(c1ncn2c1C[C@@H](F)C2)n1cc2c(Cl)cc(Br)c(Cl)c2n1. The lowest BCUT2D eigenvalue weighted by atomic mass is 10.1. The summed E-state index contributed by atoms with van der Waals surface area (Å²) in [6.45, 7) is 2.14. The topological polar surface area (TPSA) is 61.9 Å². The molecule has 4 rings (SSSR count). The molecule has 0 radical (unpaired) electrons. The Morgan fingerprint density at radius 2 is 2.30 bits per heavy atom. The van der Waals surface area contributed by atoms with Gasteiger partial charge in [0.1, 0.15) is 11.7 Å². The first-order chi connectivity index (χ1) is 12.9. The number of hydrogen-bond donors (Lipinski definition) is 0. The minimum atomic E-state index is -0.999. The van der Waals surface area contributed by atoms with E-state index in [1.165, 1.54) is 11.0 Å². The summed E-state index contributed by atoms with van der Waals surface area (Å²) >= 11 is 16.0. The smallest absolute Gasteiger partial charge is 0.337 e.